The van der Waals surface area contributed by atoms with Gasteiger partial charge in [0.15, 0.2) is 0 Å². The first-order chi connectivity index (χ1) is 9.25. The largest absolute Gasteiger partial charge is 0.308 e. The average Bonchev–Trinajstić information content (AvgIpc) is 2.75. The van der Waals surface area contributed by atoms with Crippen LogP contribution in [0.2, 0.25) is 0 Å². The fourth-order valence-corrected chi connectivity index (χ4v) is 3.27. The third kappa shape index (κ3) is 2.52. The summed E-state index contributed by atoms with van der Waals surface area (Å²) in [7, 11) is 2.02. The smallest absolute Gasteiger partial charge is 0.0841 e. The first-order valence-electron chi connectivity index (χ1n) is 7.39. The Morgan fingerprint density at radius 3 is 2.89 bits per heavy atom. The Labute approximate surface area is 115 Å². The van der Waals surface area contributed by atoms with Crippen LogP contribution < -0.4 is 5.32 Å². The summed E-state index contributed by atoms with van der Waals surface area (Å²) >= 11 is 0. The standard InChI is InChI=1S/C16H23N3/c1-12-7-3-5-9-14(12)17-11-15-13-8-4-6-10-16(13)19(2)18-15/h4,6,8,10,12,14,17H,3,5,7,9,11H2,1-2H3. The first-order valence-corrected chi connectivity index (χ1v) is 7.39. The third-order valence-electron chi connectivity index (χ3n) is 4.48. The normalized spacial score (nSPS) is 23.9. The minimum atomic E-state index is 0.662. The van der Waals surface area contributed by atoms with Crippen LogP contribution in [0.5, 0.6) is 0 Å². The summed E-state index contributed by atoms with van der Waals surface area (Å²) in [5.74, 6) is 0.795. The van der Waals surface area contributed by atoms with E-state index in [1.807, 2.05) is 11.7 Å². The summed E-state index contributed by atoms with van der Waals surface area (Å²) in [6, 6.07) is 9.13. The zero-order valence-electron chi connectivity index (χ0n) is 11.9. The van der Waals surface area contributed by atoms with Gasteiger partial charge in [0.1, 0.15) is 0 Å². The molecule has 0 saturated heterocycles. The number of hydrogen-bond acceptors (Lipinski definition) is 2. The zero-order chi connectivity index (χ0) is 13.2. The molecule has 1 aliphatic rings. The van der Waals surface area contributed by atoms with Crippen molar-refractivity contribution in [3.05, 3.63) is 30.0 Å². The van der Waals surface area contributed by atoms with E-state index in [1.165, 1.54) is 42.3 Å². The van der Waals surface area contributed by atoms with Gasteiger partial charge in [0, 0.05) is 25.0 Å². The van der Waals surface area contributed by atoms with Crippen molar-refractivity contribution in [1.29, 1.82) is 0 Å². The highest BCUT2D eigenvalue weighted by Crippen LogP contribution is 2.24. The number of nitrogens with one attached hydrogen (secondary N) is 1. The van der Waals surface area contributed by atoms with Crippen molar-refractivity contribution in [2.24, 2.45) is 13.0 Å². The SMILES string of the molecule is CC1CCCCC1NCc1nn(C)c2ccccc12. The van der Waals surface area contributed by atoms with E-state index >= 15 is 0 Å². The monoisotopic (exact) mass is 257 g/mol. The molecule has 0 bridgehead atoms. The van der Waals surface area contributed by atoms with Crippen molar-refractivity contribution in [2.45, 2.75) is 45.2 Å². The number of rotatable bonds is 3. The van der Waals surface area contributed by atoms with Crippen LogP contribution in [0.4, 0.5) is 0 Å². The van der Waals surface area contributed by atoms with E-state index in [-0.39, 0.29) is 0 Å². The number of hydrogen-bond donors (Lipinski definition) is 1. The summed E-state index contributed by atoms with van der Waals surface area (Å²) in [4.78, 5) is 0. The Balaban J connectivity index is 1.75. The van der Waals surface area contributed by atoms with Crippen molar-refractivity contribution >= 4 is 10.9 Å². The van der Waals surface area contributed by atoms with Crippen LogP contribution in [-0.4, -0.2) is 15.8 Å². The van der Waals surface area contributed by atoms with Gasteiger partial charge in [0.05, 0.1) is 11.2 Å². The van der Waals surface area contributed by atoms with Crippen LogP contribution in [0, 0.1) is 5.92 Å². The highest BCUT2D eigenvalue weighted by molar-refractivity contribution is 5.81. The molecule has 0 radical (unpaired) electrons. The number of nitrogens with zero attached hydrogens (tertiary/aromatic N) is 2. The van der Waals surface area contributed by atoms with E-state index in [4.69, 9.17) is 0 Å². The van der Waals surface area contributed by atoms with E-state index in [1.54, 1.807) is 0 Å². The lowest BCUT2D eigenvalue weighted by molar-refractivity contribution is 0.278. The van der Waals surface area contributed by atoms with Crippen LogP contribution in [0.1, 0.15) is 38.3 Å². The predicted molar refractivity (Wildman–Crippen MR) is 79.0 cm³/mol. The minimum Gasteiger partial charge on any atom is -0.308 e. The molecule has 2 unspecified atom stereocenters. The van der Waals surface area contributed by atoms with Crippen LogP contribution in [0.25, 0.3) is 10.9 Å². The Kier molecular flexibility index (Phi) is 3.56. The molecule has 1 aliphatic carbocycles. The Bertz CT molecular complexity index is 558. The molecule has 2 aromatic rings. The number of para-hydroxylation sites is 1. The topological polar surface area (TPSA) is 29.9 Å². The fraction of sp³-hybridized carbons (Fsp3) is 0.562. The van der Waals surface area contributed by atoms with E-state index in [0.717, 1.165) is 12.5 Å². The molecule has 0 aliphatic heterocycles. The quantitative estimate of drug-likeness (QED) is 0.914. The van der Waals surface area contributed by atoms with Crippen molar-refractivity contribution < 1.29 is 0 Å². The van der Waals surface area contributed by atoms with Crippen molar-refractivity contribution in [1.82, 2.24) is 15.1 Å². The highest BCUT2D eigenvalue weighted by atomic mass is 15.3. The average molecular weight is 257 g/mol. The molecule has 1 aromatic carbocycles. The van der Waals surface area contributed by atoms with E-state index in [9.17, 15) is 0 Å². The van der Waals surface area contributed by atoms with Gasteiger partial charge in [-0.15, -0.1) is 0 Å². The second-order valence-electron chi connectivity index (χ2n) is 5.84. The number of aromatic nitrogens is 2. The summed E-state index contributed by atoms with van der Waals surface area (Å²) in [6.45, 7) is 3.25. The molecule has 3 rings (SSSR count). The Morgan fingerprint density at radius 1 is 1.26 bits per heavy atom. The number of fused-ring (bicyclic) bond motifs is 1. The maximum absolute atomic E-state index is 4.65. The second-order valence-corrected chi connectivity index (χ2v) is 5.84. The second kappa shape index (κ2) is 5.33. The van der Waals surface area contributed by atoms with Gasteiger partial charge >= 0.3 is 0 Å². The van der Waals surface area contributed by atoms with E-state index < -0.39 is 0 Å². The Hall–Kier alpha value is -1.35. The van der Waals surface area contributed by atoms with Crippen LogP contribution in [0.15, 0.2) is 24.3 Å². The summed E-state index contributed by atoms with van der Waals surface area (Å²) in [5, 5.41) is 9.65. The minimum absolute atomic E-state index is 0.662. The van der Waals surface area contributed by atoms with Crippen LogP contribution in [-0.2, 0) is 13.6 Å². The number of benzene rings is 1. The van der Waals surface area contributed by atoms with Crippen molar-refractivity contribution in [3.8, 4) is 0 Å². The molecule has 0 amide bonds. The highest BCUT2D eigenvalue weighted by Gasteiger charge is 2.21. The summed E-state index contributed by atoms with van der Waals surface area (Å²) in [5.41, 5.74) is 2.40. The maximum Gasteiger partial charge on any atom is 0.0841 e. The van der Waals surface area contributed by atoms with E-state index in [2.05, 4.69) is 41.6 Å². The summed E-state index contributed by atoms with van der Waals surface area (Å²) < 4.78 is 1.98. The maximum atomic E-state index is 4.65. The molecule has 1 N–H and O–H groups in total. The lowest BCUT2D eigenvalue weighted by Gasteiger charge is -2.29. The van der Waals surface area contributed by atoms with Crippen molar-refractivity contribution in [3.63, 3.8) is 0 Å². The number of aryl methyl sites for hydroxylation is 1. The van der Waals surface area contributed by atoms with Gasteiger partial charge in [-0.05, 0) is 24.8 Å². The van der Waals surface area contributed by atoms with E-state index in [0.29, 0.717) is 6.04 Å². The molecule has 1 fully saturated rings. The van der Waals surface area contributed by atoms with Gasteiger partial charge in [0.25, 0.3) is 0 Å². The molecule has 2 atom stereocenters. The molecule has 3 heteroatoms. The molecule has 3 nitrogen and oxygen atoms in total. The molecule has 19 heavy (non-hydrogen) atoms. The molecule has 1 heterocycles. The molecule has 102 valence electrons. The third-order valence-corrected chi connectivity index (χ3v) is 4.48. The first kappa shape index (κ1) is 12.7. The molecule has 1 aromatic heterocycles. The van der Waals surface area contributed by atoms with Crippen molar-refractivity contribution in [2.75, 3.05) is 0 Å². The van der Waals surface area contributed by atoms with Gasteiger partial charge in [-0.2, -0.15) is 5.10 Å². The molecule has 1 saturated carbocycles. The summed E-state index contributed by atoms with van der Waals surface area (Å²) in [6.07, 6.45) is 5.43. The van der Waals surface area contributed by atoms with Crippen LogP contribution in [0.3, 0.4) is 0 Å². The van der Waals surface area contributed by atoms with Crippen LogP contribution >= 0.6 is 0 Å². The lowest BCUT2D eigenvalue weighted by atomic mass is 9.86. The molecular weight excluding hydrogens is 234 g/mol. The van der Waals surface area contributed by atoms with Gasteiger partial charge in [-0.1, -0.05) is 38.0 Å². The lowest BCUT2D eigenvalue weighted by Crippen LogP contribution is -2.36. The molecular formula is C16H23N3. The van der Waals surface area contributed by atoms with Gasteiger partial charge in [0.2, 0.25) is 0 Å². The fourth-order valence-electron chi connectivity index (χ4n) is 3.27. The molecule has 0 spiro atoms. The zero-order valence-corrected chi connectivity index (χ0v) is 11.9. The predicted octanol–water partition coefficient (Wildman–Crippen LogP) is 3.24. The van der Waals surface area contributed by atoms with Gasteiger partial charge in [-0.25, -0.2) is 0 Å². The van der Waals surface area contributed by atoms with Gasteiger partial charge in [-0.3, -0.25) is 4.68 Å². The van der Waals surface area contributed by atoms with Gasteiger partial charge < -0.3 is 5.32 Å². The Morgan fingerprint density at radius 2 is 2.05 bits per heavy atom.